The Morgan fingerprint density at radius 2 is 2.00 bits per heavy atom. The Hall–Kier alpha value is -0.860. The molecule has 0 aliphatic carbocycles. The summed E-state index contributed by atoms with van der Waals surface area (Å²) in [7, 11) is 0. The number of hydrogen-bond donors (Lipinski definition) is 1. The fourth-order valence-corrected chi connectivity index (χ4v) is 4.29. The number of hydrogen-bond acceptors (Lipinski definition) is 8. The van der Waals surface area contributed by atoms with Gasteiger partial charge in [0.05, 0.1) is 0 Å². The number of rotatable bonds is 6. The van der Waals surface area contributed by atoms with Crippen LogP contribution < -0.4 is 5.32 Å². The summed E-state index contributed by atoms with van der Waals surface area (Å²) < 4.78 is 1.89. The standard InChI is InChI=1S/C12H17N5S3/c1-5-13-9-8(7(2)3)10(15-6-14-9)19-12-17-16-11(18-4)20-12/h6-7H,5H2,1-4H3,(H,13,14,15). The first-order valence-corrected chi connectivity index (χ1v) is 9.15. The smallest absolute Gasteiger partial charge is 0.181 e. The molecule has 0 aliphatic heterocycles. The van der Waals surface area contributed by atoms with Gasteiger partial charge >= 0.3 is 0 Å². The van der Waals surface area contributed by atoms with Crippen LogP contribution in [0.2, 0.25) is 0 Å². The Labute approximate surface area is 131 Å². The van der Waals surface area contributed by atoms with Crippen molar-refractivity contribution >= 4 is 40.7 Å². The predicted octanol–water partition coefficient (Wildman–Crippen LogP) is 3.76. The summed E-state index contributed by atoms with van der Waals surface area (Å²) in [4.78, 5) is 8.76. The van der Waals surface area contributed by atoms with Crippen molar-refractivity contribution < 1.29 is 0 Å². The average Bonchev–Trinajstić information content (AvgIpc) is 2.86. The van der Waals surface area contributed by atoms with Gasteiger partial charge in [-0.3, -0.25) is 0 Å². The van der Waals surface area contributed by atoms with Crippen LogP contribution in [0.4, 0.5) is 5.82 Å². The highest BCUT2D eigenvalue weighted by molar-refractivity contribution is 8.03. The van der Waals surface area contributed by atoms with Crippen molar-refractivity contribution in [2.75, 3.05) is 18.1 Å². The third kappa shape index (κ3) is 3.62. The second-order valence-electron chi connectivity index (χ2n) is 4.27. The summed E-state index contributed by atoms with van der Waals surface area (Å²) in [6.45, 7) is 7.21. The van der Waals surface area contributed by atoms with Gasteiger partial charge in [0.25, 0.3) is 0 Å². The number of nitrogens with zero attached hydrogens (tertiary/aromatic N) is 4. The Balaban J connectivity index is 2.32. The van der Waals surface area contributed by atoms with Gasteiger partial charge in [0.2, 0.25) is 0 Å². The van der Waals surface area contributed by atoms with Crippen molar-refractivity contribution in [3.8, 4) is 0 Å². The van der Waals surface area contributed by atoms with Gasteiger partial charge in [0, 0.05) is 12.1 Å². The lowest BCUT2D eigenvalue weighted by Gasteiger charge is -2.15. The van der Waals surface area contributed by atoms with E-state index in [4.69, 9.17) is 0 Å². The van der Waals surface area contributed by atoms with Crippen LogP contribution in [0.3, 0.4) is 0 Å². The molecule has 0 amide bonds. The first-order chi connectivity index (χ1) is 9.65. The van der Waals surface area contributed by atoms with Crippen molar-refractivity contribution in [2.45, 2.75) is 40.4 Å². The molecule has 2 heterocycles. The zero-order chi connectivity index (χ0) is 14.5. The number of thioether (sulfide) groups is 1. The molecule has 108 valence electrons. The van der Waals surface area contributed by atoms with Crippen molar-refractivity contribution in [3.05, 3.63) is 11.9 Å². The van der Waals surface area contributed by atoms with E-state index in [1.54, 1.807) is 41.2 Å². The van der Waals surface area contributed by atoms with Crippen LogP contribution in [-0.4, -0.2) is 33.0 Å². The van der Waals surface area contributed by atoms with Crippen LogP contribution in [0.25, 0.3) is 0 Å². The molecule has 0 aromatic carbocycles. The quantitative estimate of drug-likeness (QED) is 0.640. The van der Waals surface area contributed by atoms with Crippen LogP contribution in [0.1, 0.15) is 32.3 Å². The molecule has 2 rings (SSSR count). The van der Waals surface area contributed by atoms with Gasteiger partial charge in [-0.05, 0) is 30.9 Å². The zero-order valence-corrected chi connectivity index (χ0v) is 14.3. The van der Waals surface area contributed by atoms with E-state index in [1.807, 2.05) is 6.26 Å². The molecule has 0 saturated carbocycles. The van der Waals surface area contributed by atoms with Gasteiger partial charge in [0.1, 0.15) is 17.2 Å². The van der Waals surface area contributed by atoms with Gasteiger partial charge in [-0.15, -0.1) is 10.2 Å². The highest BCUT2D eigenvalue weighted by atomic mass is 32.2. The Morgan fingerprint density at radius 1 is 1.25 bits per heavy atom. The predicted molar refractivity (Wildman–Crippen MR) is 86.1 cm³/mol. The van der Waals surface area contributed by atoms with Gasteiger partial charge in [-0.2, -0.15) is 0 Å². The van der Waals surface area contributed by atoms with Crippen LogP contribution in [0, 0.1) is 0 Å². The van der Waals surface area contributed by atoms with Crippen molar-refractivity contribution in [3.63, 3.8) is 0 Å². The molecule has 5 nitrogen and oxygen atoms in total. The van der Waals surface area contributed by atoms with E-state index in [0.717, 1.165) is 31.6 Å². The highest BCUT2D eigenvalue weighted by Gasteiger charge is 2.17. The lowest BCUT2D eigenvalue weighted by atomic mass is 10.1. The summed E-state index contributed by atoms with van der Waals surface area (Å²) >= 11 is 4.76. The Kier molecular flexibility index (Phi) is 5.62. The number of anilines is 1. The molecule has 1 N–H and O–H groups in total. The maximum absolute atomic E-state index is 4.42. The van der Waals surface area contributed by atoms with E-state index >= 15 is 0 Å². The molecule has 0 atom stereocenters. The molecule has 0 fully saturated rings. The second kappa shape index (κ2) is 7.24. The lowest BCUT2D eigenvalue weighted by molar-refractivity contribution is 0.802. The minimum Gasteiger partial charge on any atom is -0.370 e. The summed E-state index contributed by atoms with van der Waals surface area (Å²) in [5, 5.41) is 12.6. The molecule has 20 heavy (non-hydrogen) atoms. The van der Waals surface area contributed by atoms with Gasteiger partial charge in [-0.1, -0.05) is 36.9 Å². The fourth-order valence-electron chi connectivity index (χ4n) is 1.69. The Morgan fingerprint density at radius 3 is 2.60 bits per heavy atom. The van der Waals surface area contributed by atoms with E-state index in [-0.39, 0.29) is 0 Å². The first kappa shape index (κ1) is 15.5. The number of aromatic nitrogens is 4. The maximum atomic E-state index is 4.42. The summed E-state index contributed by atoms with van der Waals surface area (Å²) in [6, 6.07) is 0. The van der Waals surface area contributed by atoms with E-state index in [1.165, 1.54) is 0 Å². The molecular weight excluding hydrogens is 310 g/mol. The first-order valence-electron chi connectivity index (χ1n) is 6.29. The molecule has 0 unspecified atom stereocenters. The van der Waals surface area contributed by atoms with Gasteiger partial charge in [0.15, 0.2) is 8.68 Å². The molecule has 2 aromatic rings. The molecular formula is C12H17N5S3. The monoisotopic (exact) mass is 327 g/mol. The summed E-state index contributed by atoms with van der Waals surface area (Å²) in [5.41, 5.74) is 1.14. The molecule has 0 saturated heterocycles. The fraction of sp³-hybridized carbons (Fsp3) is 0.500. The van der Waals surface area contributed by atoms with Gasteiger partial charge in [-0.25, -0.2) is 9.97 Å². The van der Waals surface area contributed by atoms with Crippen LogP contribution in [-0.2, 0) is 0 Å². The average molecular weight is 328 g/mol. The third-order valence-corrected chi connectivity index (χ3v) is 5.48. The normalized spacial score (nSPS) is 11.1. The van der Waals surface area contributed by atoms with Crippen LogP contribution in [0.15, 0.2) is 20.0 Å². The minimum atomic E-state index is 0.348. The molecule has 0 spiro atoms. The van der Waals surface area contributed by atoms with Crippen LogP contribution >= 0.6 is 34.9 Å². The Bertz CT molecular complexity index is 570. The summed E-state index contributed by atoms with van der Waals surface area (Å²) in [5.74, 6) is 1.26. The van der Waals surface area contributed by atoms with E-state index in [9.17, 15) is 0 Å². The van der Waals surface area contributed by atoms with Crippen molar-refractivity contribution in [1.29, 1.82) is 0 Å². The molecule has 0 radical (unpaired) electrons. The highest BCUT2D eigenvalue weighted by Crippen LogP contribution is 2.37. The van der Waals surface area contributed by atoms with E-state index < -0.39 is 0 Å². The van der Waals surface area contributed by atoms with E-state index in [2.05, 4.69) is 46.3 Å². The molecule has 2 aromatic heterocycles. The zero-order valence-electron chi connectivity index (χ0n) is 11.9. The molecule has 0 bridgehead atoms. The second-order valence-corrected chi connectivity index (χ2v) is 7.53. The van der Waals surface area contributed by atoms with E-state index in [0.29, 0.717) is 5.92 Å². The third-order valence-electron chi connectivity index (χ3n) is 2.52. The van der Waals surface area contributed by atoms with Crippen molar-refractivity contribution in [1.82, 2.24) is 20.2 Å². The molecule has 0 aliphatic rings. The maximum Gasteiger partial charge on any atom is 0.181 e. The SMILES string of the molecule is CCNc1ncnc(Sc2nnc(SC)s2)c1C(C)C. The topological polar surface area (TPSA) is 63.6 Å². The lowest BCUT2D eigenvalue weighted by Crippen LogP contribution is -2.07. The summed E-state index contributed by atoms with van der Waals surface area (Å²) in [6.07, 6.45) is 3.60. The number of nitrogens with one attached hydrogen (secondary N) is 1. The van der Waals surface area contributed by atoms with Crippen LogP contribution in [0.5, 0.6) is 0 Å². The van der Waals surface area contributed by atoms with Gasteiger partial charge < -0.3 is 5.32 Å². The minimum absolute atomic E-state index is 0.348. The molecule has 8 heteroatoms. The van der Waals surface area contributed by atoms with Crippen molar-refractivity contribution in [2.24, 2.45) is 0 Å². The largest absolute Gasteiger partial charge is 0.370 e.